The minimum atomic E-state index is -0.421. The van der Waals surface area contributed by atoms with Gasteiger partial charge in [-0.1, -0.05) is 23.7 Å². The van der Waals surface area contributed by atoms with Gasteiger partial charge in [-0.15, -0.1) is 0 Å². The van der Waals surface area contributed by atoms with Gasteiger partial charge < -0.3 is 39.9 Å². The zero-order valence-corrected chi connectivity index (χ0v) is 46.4. The van der Waals surface area contributed by atoms with Crippen molar-refractivity contribution in [3.8, 4) is 23.7 Å². The van der Waals surface area contributed by atoms with Crippen molar-refractivity contribution in [1.29, 1.82) is 0 Å². The van der Waals surface area contributed by atoms with E-state index >= 15 is 0 Å². The SMILES string of the molecule is CC1(C)c2ccc([nH]2)C(C)(C)c2ccc([nH]2)C(C)(C)c2[nH]c(cc2C#Cc2ccc(C#Cc3cc4[nH]c3C(C)(C)c3ccc([nH]3)C(C)(C)c3ccc([nH]3)C(C)(C)c3ccc([nH]3)C4(C)C)cc2)C(C)(C)c2ccc1[nH]2. The van der Waals surface area contributed by atoms with Crippen LogP contribution in [0.1, 0.15) is 224 Å². The Morgan fingerprint density at radius 3 is 0.622 bits per heavy atom. The van der Waals surface area contributed by atoms with Crippen LogP contribution >= 0.6 is 0 Å². The van der Waals surface area contributed by atoms with Crippen LogP contribution in [0.15, 0.2) is 109 Å². The molecule has 0 saturated heterocycles. The number of aromatic amines is 8. The lowest BCUT2D eigenvalue weighted by Crippen LogP contribution is -2.26. The summed E-state index contributed by atoms with van der Waals surface area (Å²) in [5.74, 6) is 14.4. The molecule has 9 aromatic rings. The van der Waals surface area contributed by atoms with E-state index in [1.165, 1.54) is 34.2 Å². The van der Waals surface area contributed by atoms with Crippen molar-refractivity contribution >= 4 is 0 Å². The van der Waals surface area contributed by atoms with E-state index in [9.17, 15) is 0 Å². The number of fused-ring (bicyclic) bond motifs is 16. The maximum atomic E-state index is 3.95. The molecular weight excluding hydrogens is 905 g/mol. The lowest BCUT2D eigenvalue weighted by atomic mass is 9.83. The highest BCUT2D eigenvalue weighted by molar-refractivity contribution is 5.56. The number of hydrogen-bond donors (Lipinski definition) is 8. The normalized spacial score (nSPS) is 18.9. The fraction of sp³-hybridized carbons (Fsp3) is 0.364. The highest BCUT2D eigenvalue weighted by Crippen LogP contribution is 2.44. The van der Waals surface area contributed by atoms with Gasteiger partial charge in [-0.2, -0.15) is 0 Å². The first-order valence-corrected chi connectivity index (χ1v) is 26.4. The average Bonchev–Trinajstić information content (AvgIpc) is 4.20. The van der Waals surface area contributed by atoms with Crippen LogP contribution in [0.25, 0.3) is 0 Å². The van der Waals surface area contributed by atoms with E-state index in [0.29, 0.717) is 0 Å². The molecule has 0 unspecified atom stereocenters. The zero-order valence-electron chi connectivity index (χ0n) is 46.4. The third-order valence-corrected chi connectivity index (χ3v) is 18.0. The smallest absolute Gasteiger partial charge is 0.0469 e. The second-order valence-corrected chi connectivity index (χ2v) is 25.7. The van der Waals surface area contributed by atoms with Crippen molar-refractivity contribution in [2.24, 2.45) is 0 Å². The Kier molecular flexibility index (Phi) is 10.6. The predicted octanol–water partition coefficient (Wildman–Crippen LogP) is 14.3. The van der Waals surface area contributed by atoms with Gasteiger partial charge in [0.05, 0.1) is 0 Å². The van der Waals surface area contributed by atoms with Crippen molar-refractivity contribution in [3.63, 3.8) is 0 Å². The van der Waals surface area contributed by atoms with Crippen molar-refractivity contribution in [2.75, 3.05) is 0 Å². The van der Waals surface area contributed by atoms with Crippen LogP contribution in [0.3, 0.4) is 0 Å². The lowest BCUT2D eigenvalue weighted by Gasteiger charge is -2.28. The highest BCUT2D eigenvalue weighted by Gasteiger charge is 2.40. The summed E-state index contributed by atoms with van der Waals surface area (Å²) in [5, 5.41) is 0. The first kappa shape index (κ1) is 48.8. The molecule has 0 amide bonds. The van der Waals surface area contributed by atoms with Crippen molar-refractivity contribution in [1.82, 2.24) is 39.9 Å². The van der Waals surface area contributed by atoms with E-state index in [2.05, 4.69) is 284 Å². The predicted molar refractivity (Wildman–Crippen MR) is 302 cm³/mol. The van der Waals surface area contributed by atoms with E-state index in [4.69, 9.17) is 0 Å². The topological polar surface area (TPSA) is 126 Å². The van der Waals surface area contributed by atoms with Crippen LogP contribution in [0.4, 0.5) is 0 Å². The monoisotopic (exact) mass is 979 g/mol. The van der Waals surface area contributed by atoms with Crippen molar-refractivity contribution in [2.45, 2.75) is 154 Å². The van der Waals surface area contributed by atoms with Crippen LogP contribution in [-0.2, 0) is 43.3 Å². The largest absolute Gasteiger partial charge is 0.361 e. The molecule has 16 bridgehead atoms. The molecule has 8 N–H and O–H groups in total. The summed E-state index contributed by atoms with van der Waals surface area (Å²) in [6, 6.07) is 39.8. The lowest BCUT2D eigenvalue weighted by molar-refractivity contribution is 0.545. The molecule has 2 aliphatic heterocycles. The maximum absolute atomic E-state index is 3.95. The molecule has 0 fully saturated rings. The summed E-state index contributed by atoms with van der Waals surface area (Å²) in [4.78, 5) is 31.1. The Morgan fingerprint density at radius 1 is 0.216 bits per heavy atom. The molecule has 8 nitrogen and oxygen atoms in total. The molecule has 0 radical (unpaired) electrons. The fourth-order valence-electron chi connectivity index (χ4n) is 11.6. The summed E-state index contributed by atoms with van der Waals surface area (Å²) >= 11 is 0. The Hall–Kier alpha value is -7.42. The summed E-state index contributed by atoms with van der Waals surface area (Å²) in [6.45, 7) is 36.6. The first-order valence-electron chi connectivity index (χ1n) is 26.4. The summed E-state index contributed by atoms with van der Waals surface area (Å²) in [6.07, 6.45) is 0. The van der Waals surface area contributed by atoms with Crippen LogP contribution in [0, 0.1) is 23.7 Å². The molecule has 378 valence electrons. The summed E-state index contributed by atoms with van der Waals surface area (Å²) in [7, 11) is 0. The third-order valence-electron chi connectivity index (χ3n) is 18.0. The summed E-state index contributed by atoms with van der Waals surface area (Å²) < 4.78 is 0. The number of benzene rings is 1. The Balaban J connectivity index is 0.952. The van der Waals surface area contributed by atoms with Gasteiger partial charge in [0.1, 0.15) is 0 Å². The molecule has 0 aliphatic carbocycles. The van der Waals surface area contributed by atoms with Crippen molar-refractivity contribution < 1.29 is 0 Å². The van der Waals surface area contributed by atoms with Crippen LogP contribution in [0.2, 0.25) is 0 Å². The molecule has 0 atom stereocenters. The number of rotatable bonds is 0. The maximum Gasteiger partial charge on any atom is 0.0469 e. The van der Waals surface area contributed by atoms with Gasteiger partial charge in [0.2, 0.25) is 0 Å². The molecule has 11 rings (SSSR count). The number of hydrogen-bond acceptors (Lipinski definition) is 0. The van der Waals surface area contributed by atoms with E-state index in [-0.39, 0.29) is 32.5 Å². The second-order valence-electron chi connectivity index (χ2n) is 25.7. The molecule has 1 aromatic carbocycles. The average molecular weight is 979 g/mol. The van der Waals surface area contributed by atoms with E-state index in [1.54, 1.807) is 0 Å². The first-order chi connectivity index (χ1) is 34.6. The fourth-order valence-corrected chi connectivity index (χ4v) is 11.6. The molecule has 2 aliphatic rings. The Labute approximate surface area is 438 Å². The zero-order chi connectivity index (χ0) is 52.8. The van der Waals surface area contributed by atoms with E-state index in [1.807, 2.05) is 0 Å². The highest BCUT2D eigenvalue weighted by atomic mass is 14.9. The standard InChI is InChI=1S/C66H74N8/c1-59(2)43-25-27-45(67-43)61(5,6)49-33-35-53(71-49)65(13,14)57-41(37-55(73-57)63(9,10)51-31-29-47(59)69-51)23-21-39-17-19-40(20-18-39)22-24-42-38-56-64(11,12)52-32-30-48(70-52)60(3,4)44-26-28-46(68-44)62(7,8)50-34-36-54(72-50)66(15,16)58(42)74-56/h17-20,25-38,67-74H,1-16H3. The number of nitrogens with one attached hydrogen (secondary N) is 8. The summed E-state index contributed by atoms with van der Waals surface area (Å²) in [5.41, 5.74) is 19.4. The second kappa shape index (κ2) is 16.0. The van der Waals surface area contributed by atoms with Crippen LogP contribution in [0.5, 0.6) is 0 Å². The molecule has 0 spiro atoms. The minimum absolute atomic E-state index is 0.264. The van der Waals surface area contributed by atoms with Gasteiger partial charge in [-0.05, 0) is 220 Å². The Morgan fingerprint density at radius 2 is 0.405 bits per heavy atom. The van der Waals surface area contributed by atoms with E-state index < -0.39 is 10.8 Å². The van der Waals surface area contributed by atoms with Gasteiger partial charge in [0.25, 0.3) is 0 Å². The molecule has 8 aromatic heterocycles. The quantitative estimate of drug-likeness (QED) is 0.0690. The van der Waals surface area contributed by atoms with Gasteiger partial charge in [-0.25, -0.2) is 0 Å². The molecule has 74 heavy (non-hydrogen) atoms. The van der Waals surface area contributed by atoms with E-state index in [0.717, 1.165) is 79.2 Å². The van der Waals surface area contributed by atoms with Crippen LogP contribution < -0.4 is 0 Å². The Bertz CT molecular complexity index is 3500. The molecular formula is C66H74N8. The van der Waals surface area contributed by atoms with Gasteiger partial charge in [0, 0.05) is 157 Å². The number of H-pyrrole nitrogens is 8. The van der Waals surface area contributed by atoms with Gasteiger partial charge in [-0.3, -0.25) is 0 Å². The van der Waals surface area contributed by atoms with Gasteiger partial charge >= 0.3 is 0 Å². The molecule has 8 heteroatoms. The molecule has 10 heterocycles. The van der Waals surface area contributed by atoms with Gasteiger partial charge in [0.15, 0.2) is 0 Å². The van der Waals surface area contributed by atoms with Crippen molar-refractivity contribution in [3.05, 3.63) is 223 Å². The minimum Gasteiger partial charge on any atom is -0.361 e. The molecule has 0 saturated carbocycles. The third kappa shape index (κ3) is 7.50. The number of aromatic nitrogens is 8. The van der Waals surface area contributed by atoms with Crippen LogP contribution in [-0.4, -0.2) is 39.9 Å².